The smallest absolute Gasteiger partial charge is 0.320 e. The number of aliphatic carboxylic acids is 1. The molecule has 3 atom stereocenters. The van der Waals surface area contributed by atoms with Crippen molar-refractivity contribution in [3.05, 3.63) is 82.4 Å². The molecule has 0 aromatic heterocycles. The summed E-state index contributed by atoms with van der Waals surface area (Å²) < 4.78 is 13.4. The quantitative estimate of drug-likeness (QED) is 0.267. The van der Waals surface area contributed by atoms with E-state index in [0.29, 0.717) is 30.3 Å². The predicted octanol–water partition coefficient (Wildman–Crippen LogP) is 6.36. The van der Waals surface area contributed by atoms with Crippen LogP contribution in [0.2, 0.25) is 5.02 Å². The highest BCUT2D eigenvalue weighted by Gasteiger charge is 2.49. The molecule has 0 bridgehead atoms. The summed E-state index contributed by atoms with van der Waals surface area (Å²) in [5.41, 5.74) is 3.19. The van der Waals surface area contributed by atoms with Gasteiger partial charge in [0.25, 0.3) is 0 Å². The van der Waals surface area contributed by atoms with E-state index in [-0.39, 0.29) is 12.7 Å². The number of carboxylic acid groups (broad SMARTS) is 1. The number of likely N-dealkylation sites (tertiary alicyclic amines) is 2. The lowest BCUT2D eigenvalue weighted by molar-refractivity contribution is -0.144. The lowest BCUT2D eigenvalue weighted by Gasteiger charge is -2.47. The van der Waals surface area contributed by atoms with E-state index >= 15 is 0 Å². The maximum Gasteiger partial charge on any atom is 0.320 e. The van der Waals surface area contributed by atoms with E-state index < -0.39 is 23.0 Å². The van der Waals surface area contributed by atoms with Gasteiger partial charge in [-0.3, -0.25) is 9.69 Å². The van der Waals surface area contributed by atoms with Gasteiger partial charge >= 0.3 is 5.97 Å². The van der Waals surface area contributed by atoms with Crippen molar-refractivity contribution in [3.63, 3.8) is 0 Å². The predicted molar refractivity (Wildman–Crippen MR) is 175 cm³/mol. The van der Waals surface area contributed by atoms with Gasteiger partial charge in [-0.05, 0) is 79.6 Å². The van der Waals surface area contributed by atoms with E-state index in [2.05, 4.69) is 61.2 Å². The fraction of sp³-hybridized carbons (Fsp3) is 0.528. The number of halogens is 1. The number of benzene rings is 2. The van der Waals surface area contributed by atoms with Crippen LogP contribution in [0.3, 0.4) is 0 Å². The zero-order chi connectivity index (χ0) is 31.3. The van der Waals surface area contributed by atoms with Gasteiger partial charge in [-0.2, -0.15) is 0 Å². The van der Waals surface area contributed by atoms with Crippen LogP contribution in [0, 0.1) is 12.3 Å². The van der Waals surface area contributed by atoms with Crippen LogP contribution in [-0.2, 0) is 16.1 Å². The number of hydrogen-bond acceptors (Lipinski definition) is 6. The molecule has 1 unspecified atom stereocenters. The van der Waals surface area contributed by atoms with E-state index in [9.17, 15) is 15.0 Å². The van der Waals surface area contributed by atoms with Crippen LogP contribution >= 0.6 is 11.6 Å². The van der Waals surface area contributed by atoms with Crippen molar-refractivity contribution < 1.29 is 24.5 Å². The van der Waals surface area contributed by atoms with Gasteiger partial charge in [0, 0.05) is 38.2 Å². The van der Waals surface area contributed by atoms with Crippen LogP contribution in [0.5, 0.6) is 5.75 Å². The summed E-state index contributed by atoms with van der Waals surface area (Å²) in [5.74, 6) is -0.167. The lowest BCUT2D eigenvalue weighted by atomic mass is 9.65. The summed E-state index contributed by atoms with van der Waals surface area (Å²) in [6, 6.07) is 13.8. The Morgan fingerprint density at radius 3 is 2.64 bits per heavy atom. The molecule has 3 aliphatic rings. The van der Waals surface area contributed by atoms with E-state index in [1.54, 1.807) is 0 Å². The summed E-state index contributed by atoms with van der Waals surface area (Å²) in [5, 5.41) is 20.2. The minimum absolute atomic E-state index is 0.229. The third kappa shape index (κ3) is 7.24. The molecule has 0 saturated carbocycles. The van der Waals surface area contributed by atoms with Gasteiger partial charge < -0.3 is 24.6 Å². The highest BCUT2D eigenvalue weighted by Crippen LogP contribution is 2.49. The number of aliphatic hydroxyl groups excluding tert-OH is 1. The first-order chi connectivity index (χ1) is 21.1. The number of rotatable bonds is 12. The third-order valence-corrected chi connectivity index (χ3v) is 10.1. The molecule has 2 fully saturated rings. The number of nitrogens with zero attached hydrogens (tertiary/aromatic N) is 2. The van der Waals surface area contributed by atoms with Crippen molar-refractivity contribution in [1.29, 1.82) is 0 Å². The van der Waals surface area contributed by atoms with Crippen LogP contribution in [0.1, 0.15) is 62.6 Å². The Bertz CT molecular complexity index is 1360. The fourth-order valence-corrected chi connectivity index (χ4v) is 7.16. The number of aryl methyl sites for hydroxylation is 1. The molecule has 0 spiro atoms. The summed E-state index contributed by atoms with van der Waals surface area (Å²) in [6.45, 7) is 11.1. The Hall–Kier alpha value is -2.68. The molecule has 2 aromatic rings. The molecular formula is C36H47ClN2O5. The highest BCUT2D eigenvalue weighted by atomic mass is 35.5. The first-order valence-corrected chi connectivity index (χ1v) is 16.4. The maximum absolute atomic E-state index is 11.8. The molecule has 2 heterocycles. The minimum Gasteiger partial charge on any atom is -0.489 e. The Morgan fingerprint density at radius 2 is 1.91 bits per heavy atom. The fourth-order valence-electron chi connectivity index (χ4n) is 6.92. The van der Waals surface area contributed by atoms with Gasteiger partial charge in [0.1, 0.15) is 24.0 Å². The average Bonchev–Trinajstić information content (AvgIpc) is 3.42. The van der Waals surface area contributed by atoms with Crippen LogP contribution in [0.25, 0.3) is 5.57 Å². The Morgan fingerprint density at radius 1 is 1.11 bits per heavy atom. The standard InChI is InChI=1S/C36H47ClN2O5/c1-26-21-33(31(37)22-28(26)23-39-18-8-7-14-32(39)34(41)42)43-25-36(44-20-10-17-38-19-15-29(40)24-38)16-9-13-30(35(36,2)3)27-11-5-4-6-12-27/h4-6,9,11-13,16,21-22,29,32,40H,7-8,10,14-15,17-20,23-25H2,1-3H3,(H,41,42)/t29-,32+,36?/m1/s1. The topological polar surface area (TPSA) is 82.5 Å². The van der Waals surface area contributed by atoms with Crippen LogP contribution in [0.15, 0.2) is 60.7 Å². The molecule has 2 N–H and O–H groups in total. The van der Waals surface area contributed by atoms with Crippen molar-refractivity contribution >= 4 is 23.1 Å². The molecule has 0 amide bonds. The van der Waals surface area contributed by atoms with Crippen LogP contribution in [-0.4, -0.2) is 83.1 Å². The molecule has 0 radical (unpaired) electrons. The molecule has 5 rings (SSSR count). The molecule has 238 valence electrons. The second kappa shape index (κ2) is 14.2. The monoisotopic (exact) mass is 622 g/mol. The van der Waals surface area contributed by atoms with Gasteiger partial charge in [0.15, 0.2) is 0 Å². The number of carboxylic acids is 1. The molecule has 1 aliphatic carbocycles. The first-order valence-electron chi connectivity index (χ1n) is 16.0. The van der Waals surface area contributed by atoms with E-state index in [1.807, 2.05) is 30.0 Å². The molecule has 2 saturated heterocycles. The molecule has 7 nitrogen and oxygen atoms in total. The Balaban J connectivity index is 1.34. The molecule has 2 aromatic carbocycles. The second-order valence-corrected chi connectivity index (χ2v) is 13.5. The summed E-state index contributed by atoms with van der Waals surface area (Å²) in [4.78, 5) is 16.2. The normalized spacial score (nSPS) is 25.6. The number of allylic oxidation sites excluding steroid dienone is 2. The van der Waals surface area contributed by atoms with Crippen molar-refractivity contribution in [2.24, 2.45) is 5.41 Å². The van der Waals surface area contributed by atoms with Gasteiger partial charge in [0.2, 0.25) is 0 Å². The summed E-state index contributed by atoms with van der Waals surface area (Å²) in [6.07, 6.45) is 10.4. The van der Waals surface area contributed by atoms with Gasteiger partial charge in [-0.15, -0.1) is 0 Å². The van der Waals surface area contributed by atoms with Crippen molar-refractivity contribution in [3.8, 4) is 5.75 Å². The number of hydrogen-bond donors (Lipinski definition) is 2. The van der Waals surface area contributed by atoms with Crippen LogP contribution < -0.4 is 4.74 Å². The SMILES string of the molecule is Cc1cc(OCC2(OCCCN3CC[C@@H](O)C3)C=CC=C(c3ccccc3)C2(C)C)c(Cl)cc1CN1CCCC[C@H]1C(=O)O. The Labute approximate surface area is 267 Å². The molecule has 44 heavy (non-hydrogen) atoms. The Kier molecular flexibility index (Phi) is 10.5. The third-order valence-electron chi connectivity index (χ3n) is 9.77. The van der Waals surface area contributed by atoms with Crippen LogP contribution in [0.4, 0.5) is 0 Å². The largest absolute Gasteiger partial charge is 0.489 e. The number of carbonyl (C=O) groups is 1. The second-order valence-electron chi connectivity index (χ2n) is 13.1. The van der Waals surface area contributed by atoms with Gasteiger partial charge in [-0.25, -0.2) is 0 Å². The summed E-state index contributed by atoms with van der Waals surface area (Å²) >= 11 is 6.83. The number of piperidine rings is 1. The van der Waals surface area contributed by atoms with E-state index in [1.165, 1.54) is 5.57 Å². The minimum atomic E-state index is -0.760. The van der Waals surface area contributed by atoms with Gasteiger partial charge in [0.05, 0.1) is 11.1 Å². The van der Waals surface area contributed by atoms with E-state index in [0.717, 1.165) is 68.6 Å². The number of β-amino-alcohol motifs (C(OH)–C–C–N with tert-alkyl or cyclic N) is 1. The van der Waals surface area contributed by atoms with E-state index in [4.69, 9.17) is 21.1 Å². The molecule has 8 heteroatoms. The highest BCUT2D eigenvalue weighted by molar-refractivity contribution is 6.32. The first kappa shape index (κ1) is 32.7. The lowest BCUT2D eigenvalue weighted by Crippen LogP contribution is -2.52. The zero-order valence-corrected chi connectivity index (χ0v) is 27.1. The molecule has 2 aliphatic heterocycles. The van der Waals surface area contributed by atoms with Crippen molar-refractivity contribution in [2.75, 3.05) is 39.4 Å². The zero-order valence-electron chi connectivity index (χ0n) is 26.3. The molecular weight excluding hydrogens is 576 g/mol. The number of aliphatic hydroxyl groups is 1. The maximum atomic E-state index is 11.8. The average molecular weight is 623 g/mol. The van der Waals surface area contributed by atoms with Gasteiger partial charge in [-0.1, -0.05) is 74.4 Å². The van der Waals surface area contributed by atoms with Crippen molar-refractivity contribution in [2.45, 2.75) is 77.2 Å². The number of ether oxygens (including phenoxy) is 2. The summed E-state index contributed by atoms with van der Waals surface area (Å²) in [7, 11) is 0. The van der Waals surface area contributed by atoms with Crippen molar-refractivity contribution in [1.82, 2.24) is 9.80 Å².